The van der Waals surface area contributed by atoms with Crippen LogP contribution in [-0.4, -0.2) is 13.2 Å². The summed E-state index contributed by atoms with van der Waals surface area (Å²) in [6, 6.07) is 3.24. The third-order valence-corrected chi connectivity index (χ3v) is 8.11. The Hall–Kier alpha value is -1.92. The van der Waals surface area contributed by atoms with E-state index in [1.807, 2.05) is 0 Å². The van der Waals surface area contributed by atoms with Crippen molar-refractivity contribution in [3.05, 3.63) is 64.2 Å². The number of hydrogen-bond donors (Lipinski definition) is 1. The number of benzene rings is 2. The zero-order valence-corrected chi connectivity index (χ0v) is 22.4. The van der Waals surface area contributed by atoms with E-state index >= 15 is 0 Å². The zero-order chi connectivity index (χ0) is 29.5. The number of hydrogen-bond acceptors (Lipinski definition) is 3. The summed E-state index contributed by atoms with van der Waals surface area (Å²) in [5, 5.41) is 0. The Morgan fingerprint density at radius 2 is 1.12 bits per heavy atom. The fraction of sp³-hybridized carbons (Fsp3) is 0.571. The lowest BCUT2D eigenvalue weighted by molar-refractivity contribution is -0.274. The van der Waals surface area contributed by atoms with E-state index in [0.29, 0.717) is 30.2 Å². The first kappa shape index (κ1) is 31.0. The van der Waals surface area contributed by atoms with Crippen LogP contribution in [0.4, 0.5) is 39.5 Å². The van der Waals surface area contributed by atoms with E-state index in [-0.39, 0.29) is 36.0 Å². The van der Waals surface area contributed by atoms with Crippen LogP contribution in [0.2, 0.25) is 0 Å². The molecule has 0 radical (unpaired) electrons. The smallest absolute Gasteiger partial charge is 0.342 e. The average molecular weight is 601 g/mol. The fourth-order valence-electron chi connectivity index (χ4n) is 5.78. The van der Waals surface area contributed by atoms with E-state index in [4.69, 9.17) is 9.47 Å². The van der Waals surface area contributed by atoms with Gasteiger partial charge in [-0.15, -0.1) is 12.6 Å². The molecule has 0 unspecified atom stereocenters. The van der Waals surface area contributed by atoms with Gasteiger partial charge in [0, 0.05) is 21.9 Å². The summed E-state index contributed by atoms with van der Waals surface area (Å²) >= 11 is 4.01. The van der Waals surface area contributed by atoms with Gasteiger partial charge in [-0.05, 0) is 61.1 Å². The van der Waals surface area contributed by atoms with Crippen LogP contribution in [0.3, 0.4) is 0 Å². The second kappa shape index (κ2) is 11.4. The van der Waals surface area contributed by atoms with Crippen molar-refractivity contribution >= 4 is 12.6 Å². The largest absolute Gasteiger partial charge is 0.416 e. The lowest BCUT2D eigenvalue weighted by Gasteiger charge is -2.44. The van der Waals surface area contributed by atoms with Crippen LogP contribution in [0.1, 0.15) is 73.3 Å². The first-order valence-electron chi connectivity index (χ1n) is 13.0. The van der Waals surface area contributed by atoms with Crippen molar-refractivity contribution in [2.45, 2.75) is 74.7 Å². The number of rotatable bonds is 5. The van der Waals surface area contributed by atoms with Crippen molar-refractivity contribution in [1.29, 1.82) is 0 Å². The van der Waals surface area contributed by atoms with Crippen molar-refractivity contribution < 1.29 is 49.0 Å². The molecule has 222 valence electrons. The Morgan fingerprint density at radius 3 is 1.57 bits per heavy atom. The molecule has 0 aromatic heterocycles. The van der Waals surface area contributed by atoms with E-state index < -0.39 is 52.1 Å². The summed E-state index contributed by atoms with van der Waals surface area (Å²) in [6.07, 6.45) is -9.35. The van der Waals surface area contributed by atoms with Crippen molar-refractivity contribution in [2.75, 3.05) is 13.2 Å². The van der Waals surface area contributed by atoms with Gasteiger partial charge in [-0.3, -0.25) is 0 Å². The van der Waals surface area contributed by atoms with E-state index in [1.165, 1.54) is 0 Å². The highest BCUT2D eigenvalue weighted by molar-refractivity contribution is 7.80. The molecule has 2 fully saturated rings. The molecule has 0 spiro atoms. The van der Waals surface area contributed by atoms with Gasteiger partial charge in [0.15, 0.2) is 0 Å². The van der Waals surface area contributed by atoms with Gasteiger partial charge in [0.05, 0.1) is 29.9 Å². The highest BCUT2D eigenvalue weighted by Crippen LogP contribution is 2.47. The molecular weight excluding hydrogens is 571 g/mol. The Kier molecular flexibility index (Phi) is 8.84. The summed E-state index contributed by atoms with van der Waals surface area (Å²) in [5.41, 5.74) is -5.55. The van der Waals surface area contributed by atoms with Crippen LogP contribution >= 0.6 is 12.6 Å². The summed E-state index contributed by atoms with van der Waals surface area (Å²) in [6.45, 7) is 1.88. The van der Waals surface area contributed by atoms with Gasteiger partial charge in [-0.25, -0.2) is 0 Å². The van der Waals surface area contributed by atoms with E-state index in [0.717, 1.165) is 44.6 Å². The maximum atomic E-state index is 13.7. The molecule has 1 saturated heterocycles. The lowest BCUT2D eigenvalue weighted by atomic mass is 9.74. The topological polar surface area (TPSA) is 18.5 Å². The highest BCUT2D eigenvalue weighted by atomic mass is 32.1. The molecule has 12 heteroatoms. The maximum Gasteiger partial charge on any atom is 0.416 e. The predicted molar refractivity (Wildman–Crippen MR) is 132 cm³/mol. The minimum Gasteiger partial charge on any atom is -0.342 e. The van der Waals surface area contributed by atoms with Crippen molar-refractivity contribution in [1.82, 2.24) is 0 Å². The summed E-state index contributed by atoms with van der Waals surface area (Å²) in [4.78, 5) is -0.212. The molecule has 1 aliphatic heterocycles. The van der Waals surface area contributed by atoms with Gasteiger partial charge in [0.1, 0.15) is 0 Å². The van der Waals surface area contributed by atoms with Crippen LogP contribution in [0.15, 0.2) is 41.3 Å². The van der Waals surface area contributed by atoms with Crippen molar-refractivity contribution in [3.63, 3.8) is 0 Å². The Morgan fingerprint density at radius 1 is 0.675 bits per heavy atom. The molecule has 2 nitrogen and oxygen atoms in total. The highest BCUT2D eigenvalue weighted by Gasteiger charge is 2.47. The van der Waals surface area contributed by atoms with Gasteiger partial charge in [0.25, 0.3) is 0 Å². The molecule has 1 heterocycles. The Bertz CT molecular complexity index is 1140. The van der Waals surface area contributed by atoms with E-state index in [2.05, 4.69) is 19.6 Å². The first-order chi connectivity index (χ1) is 18.5. The predicted octanol–water partition coefficient (Wildman–Crippen LogP) is 9.50. The van der Waals surface area contributed by atoms with Crippen LogP contribution in [0.5, 0.6) is 0 Å². The molecule has 0 atom stereocenters. The monoisotopic (exact) mass is 600 g/mol. The molecule has 2 aliphatic rings. The lowest BCUT2D eigenvalue weighted by Crippen LogP contribution is -2.45. The van der Waals surface area contributed by atoms with Crippen LogP contribution in [0.25, 0.3) is 0 Å². The third kappa shape index (κ3) is 6.75. The van der Waals surface area contributed by atoms with Gasteiger partial charge in [0.2, 0.25) is 5.79 Å². The van der Waals surface area contributed by atoms with Gasteiger partial charge >= 0.3 is 18.5 Å². The van der Waals surface area contributed by atoms with Gasteiger partial charge < -0.3 is 9.47 Å². The van der Waals surface area contributed by atoms with Gasteiger partial charge in [-0.2, -0.15) is 39.5 Å². The number of alkyl halides is 9. The minimum absolute atomic E-state index is 0.0479. The fourth-order valence-corrected chi connectivity index (χ4v) is 6.06. The molecule has 0 amide bonds. The van der Waals surface area contributed by atoms with E-state index in [1.54, 1.807) is 0 Å². The molecule has 4 rings (SSSR count). The standard InChI is InChI=1S/C28H29F9O2S/c1-2-3-16-4-6-17(7-5-16)18-14-38-25(39-15-18,20-10-23(28(35,36)37)13-24(40)12-20)19-8-21(26(29,30)31)11-22(9-19)27(32,33)34/h8-13,16-18,40H,2-7,14-15H2,1H3. The van der Waals surface area contributed by atoms with Crippen LogP contribution in [0, 0.1) is 17.8 Å². The number of ether oxygens (including phenoxy) is 2. The summed E-state index contributed by atoms with van der Waals surface area (Å²) in [7, 11) is 0. The van der Waals surface area contributed by atoms with E-state index in [9.17, 15) is 39.5 Å². The quantitative estimate of drug-likeness (QED) is 0.272. The zero-order valence-electron chi connectivity index (χ0n) is 21.5. The number of thiol groups is 1. The molecule has 2 aromatic rings. The number of halogens is 9. The SMILES string of the molecule is CCCC1CCC(C2COC(c3cc(S)cc(C(F)(F)F)c3)(c3cc(C(F)(F)F)cc(C(F)(F)F)c3)OC2)CC1. The van der Waals surface area contributed by atoms with Crippen LogP contribution in [-0.2, 0) is 33.8 Å². The molecule has 40 heavy (non-hydrogen) atoms. The van der Waals surface area contributed by atoms with Gasteiger partial charge in [-0.1, -0.05) is 32.6 Å². The third-order valence-electron chi connectivity index (χ3n) is 7.85. The minimum atomic E-state index is -5.17. The van der Waals surface area contributed by atoms with Crippen molar-refractivity contribution in [2.24, 2.45) is 17.8 Å². The molecule has 1 saturated carbocycles. The second-order valence-corrected chi connectivity index (χ2v) is 11.1. The van der Waals surface area contributed by atoms with Crippen LogP contribution < -0.4 is 0 Å². The second-order valence-electron chi connectivity index (χ2n) is 10.6. The molecular formula is C28H29F9O2S. The average Bonchev–Trinajstić information content (AvgIpc) is 2.87. The molecule has 2 aromatic carbocycles. The molecule has 0 N–H and O–H groups in total. The molecule has 0 bridgehead atoms. The Labute approximate surface area is 231 Å². The normalized spacial score (nSPS) is 26.6. The van der Waals surface area contributed by atoms with Crippen molar-refractivity contribution in [3.8, 4) is 0 Å². The summed E-state index contributed by atoms with van der Waals surface area (Å²) in [5.74, 6) is -1.92. The first-order valence-corrected chi connectivity index (χ1v) is 13.5. The molecule has 1 aliphatic carbocycles. The summed E-state index contributed by atoms with van der Waals surface area (Å²) < 4.78 is 135. The Balaban J connectivity index is 1.79. The maximum absolute atomic E-state index is 13.7.